The molecule has 0 aliphatic carbocycles. The van der Waals surface area contributed by atoms with Gasteiger partial charge in [0.1, 0.15) is 0 Å². The number of amides is 1. The Kier molecular flexibility index (Phi) is 5.24. The molecule has 3 heterocycles. The summed E-state index contributed by atoms with van der Waals surface area (Å²) in [6.07, 6.45) is 0. The van der Waals surface area contributed by atoms with Crippen LogP contribution in [0.15, 0.2) is 63.9 Å². The summed E-state index contributed by atoms with van der Waals surface area (Å²) in [7, 11) is 0. The molecule has 0 atom stereocenters. The lowest BCUT2D eigenvalue weighted by molar-refractivity contribution is -0.114. The molecule has 10 heteroatoms. The number of fused-ring (bicyclic) bond motifs is 3. The first-order chi connectivity index (χ1) is 15.5. The van der Waals surface area contributed by atoms with Gasteiger partial charge in [-0.15, -0.1) is 21.5 Å². The maximum Gasteiger partial charge on any atom is 0.267 e. The molecule has 0 bridgehead atoms. The number of hydrogen-bond donors (Lipinski definition) is 1. The molecule has 0 unspecified atom stereocenters. The Morgan fingerprint density at radius 3 is 2.72 bits per heavy atom. The van der Waals surface area contributed by atoms with Crippen molar-refractivity contribution in [1.29, 1.82) is 0 Å². The van der Waals surface area contributed by atoms with Gasteiger partial charge in [0.25, 0.3) is 5.56 Å². The minimum absolute atomic E-state index is 0.134. The van der Waals surface area contributed by atoms with Crippen LogP contribution in [-0.2, 0) is 10.5 Å². The molecule has 160 valence electrons. The predicted octanol–water partition coefficient (Wildman–Crippen LogP) is 4.05. The third-order valence-electron chi connectivity index (χ3n) is 4.93. The van der Waals surface area contributed by atoms with E-state index in [2.05, 4.69) is 20.5 Å². The highest BCUT2D eigenvalue weighted by atomic mass is 32.2. The van der Waals surface area contributed by atoms with Crippen LogP contribution in [-0.4, -0.2) is 30.1 Å². The van der Waals surface area contributed by atoms with Gasteiger partial charge in [0.2, 0.25) is 11.7 Å². The van der Waals surface area contributed by atoms with Crippen molar-refractivity contribution in [1.82, 2.24) is 24.1 Å². The molecule has 8 nitrogen and oxygen atoms in total. The fraction of sp³-hybridized carbons (Fsp3) is 0.136. The Labute approximate surface area is 190 Å². The van der Waals surface area contributed by atoms with Gasteiger partial charge in [-0.25, -0.2) is 9.55 Å². The number of carbonyl (C=O) groups is 1. The topological polar surface area (TPSA) is 94.2 Å². The highest BCUT2D eigenvalue weighted by molar-refractivity contribution is 7.98. The van der Waals surface area contributed by atoms with Gasteiger partial charge >= 0.3 is 0 Å². The van der Waals surface area contributed by atoms with Crippen molar-refractivity contribution < 1.29 is 4.79 Å². The van der Waals surface area contributed by atoms with E-state index in [1.165, 1.54) is 30.0 Å². The molecule has 32 heavy (non-hydrogen) atoms. The molecule has 5 aromatic rings. The number of anilines is 1. The minimum Gasteiger partial charge on any atom is -0.302 e. The largest absolute Gasteiger partial charge is 0.302 e. The maximum atomic E-state index is 13.4. The van der Waals surface area contributed by atoms with Crippen LogP contribution in [0, 0.1) is 6.92 Å². The molecular formula is C22H18N6O2S2. The molecule has 2 aromatic carbocycles. The van der Waals surface area contributed by atoms with E-state index in [1.54, 1.807) is 4.57 Å². The van der Waals surface area contributed by atoms with Crippen molar-refractivity contribution in [3.8, 4) is 5.69 Å². The Hall–Kier alpha value is -3.50. The number of para-hydroxylation sites is 2. The first-order valence-corrected chi connectivity index (χ1v) is 11.7. The van der Waals surface area contributed by atoms with Crippen molar-refractivity contribution in [3.63, 3.8) is 0 Å². The smallest absolute Gasteiger partial charge is 0.267 e. The highest BCUT2D eigenvalue weighted by Gasteiger charge is 2.19. The van der Waals surface area contributed by atoms with Crippen molar-refractivity contribution >= 4 is 50.8 Å². The van der Waals surface area contributed by atoms with Crippen LogP contribution in [0.25, 0.3) is 22.4 Å². The zero-order valence-electron chi connectivity index (χ0n) is 17.3. The molecule has 0 aliphatic heterocycles. The highest BCUT2D eigenvalue weighted by Crippen LogP contribution is 2.27. The molecule has 5 rings (SSSR count). The van der Waals surface area contributed by atoms with Gasteiger partial charge in [-0.05, 0) is 30.7 Å². The average molecular weight is 463 g/mol. The molecular weight excluding hydrogens is 444 g/mol. The zero-order chi connectivity index (χ0) is 22.2. The number of thioether (sulfide) groups is 1. The second-order valence-corrected chi connectivity index (χ2v) is 8.98. The van der Waals surface area contributed by atoms with Crippen molar-refractivity contribution in [3.05, 3.63) is 75.5 Å². The lowest BCUT2D eigenvalue weighted by Crippen LogP contribution is -2.22. The first kappa shape index (κ1) is 20.4. The number of benzene rings is 2. The fourth-order valence-corrected chi connectivity index (χ4v) is 5.22. The van der Waals surface area contributed by atoms with Crippen molar-refractivity contribution in [2.45, 2.75) is 24.8 Å². The van der Waals surface area contributed by atoms with E-state index in [1.807, 2.05) is 65.2 Å². The summed E-state index contributed by atoms with van der Waals surface area (Å²) < 4.78 is 3.53. The quantitative estimate of drug-likeness (QED) is 0.396. The lowest BCUT2D eigenvalue weighted by atomic mass is 10.2. The number of carbonyl (C=O) groups excluding carboxylic acids is 1. The van der Waals surface area contributed by atoms with E-state index in [9.17, 15) is 9.59 Å². The average Bonchev–Trinajstić information content (AvgIpc) is 3.40. The van der Waals surface area contributed by atoms with Gasteiger partial charge in [-0.2, -0.15) is 0 Å². The molecule has 0 spiro atoms. The number of aryl methyl sites for hydroxylation is 1. The third-order valence-corrected chi connectivity index (χ3v) is 6.70. The van der Waals surface area contributed by atoms with E-state index in [0.29, 0.717) is 27.2 Å². The summed E-state index contributed by atoms with van der Waals surface area (Å²) in [5.74, 6) is 0.861. The number of rotatable bonds is 5. The fourth-order valence-electron chi connectivity index (χ4n) is 3.52. The van der Waals surface area contributed by atoms with Gasteiger partial charge in [0, 0.05) is 18.1 Å². The summed E-state index contributed by atoms with van der Waals surface area (Å²) in [4.78, 5) is 29.1. The van der Waals surface area contributed by atoms with E-state index >= 15 is 0 Å². The van der Waals surface area contributed by atoms with Crippen LogP contribution in [0.2, 0.25) is 0 Å². The molecule has 0 saturated heterocycles. The normalized spacial score (nSPS) is 11.3. The van der Waals surface area contributed by atoms with Crippen LogP contribution < -0.4 is 10.9 Å². The van der Waals surface area contributed by atoms with Crippen LogP contribution in [0.1, 0.15) is 18.2 Å². The Morgan fingerprint density at radius 2 is 1.91 bits per heavy atom. The SMILES string of the molecule is CC(=O)Nc1nc(CSc2nnc3n(-c4ccccc4C)c(=O)c4ccccc4n23)cs1. The maximum absolute atomic E-state index is 13.4. The minimum atomic E-state index is -0.150. The Morgan fingerprint density at radius 1 is 1.12 bits per heavy atom. The summed E-state index contributed by atoms with van der Waals surface area (Å²) in [6, 6.07) is 15.2. The Balaban J connectivity index is 1.63. The van der Waals surface area contributed by atoms with Gasteiger partial charge in [0.05, 0.1) is 22.3 Å². The molecule has 0 fully saturated rings. The number of hydrogen-bond acceptors (Lipinski definition) is 7. The number of thiazole rings is 1. The molecule has 0 radical (unpaired) electrons. The van der Waals surface area contributed by atoms with Crippen LogP contribution >= 0.6 is 23.1 Å². The molecule has 0 saturated carbocycles. The monoisotopic (exact) mass is 462 g/mol. The number of nitrogens with zero attached hydrogens (tertiary/aromatic N) is 5. The van der Waals surface area contributed by atoms with Crippen LogP contribution in [0.4, 0.5) is 5.13 Å². The first-order valence-electron chi connectivity index (χ1n) is 9.82. The van der Waals surface area contributed by atoms with E-state index in [4.69, 9.17) is 0 Å². The summed E-state index contributed by atoms with van der Waals surface area (Å²) in [6.45, 7) is 3.42. The van der Waals surface area contributed by atoms with Crippen molar-refractivity contribution in [2.75, 3.05) is 5.32 Å². The predicted molar refractivity (Wildman–Crippen MR) is 127 cm³/mol. The number of aromatic nitrogens is 5. The summed E-state index contributed by atoms with van der Waals surface area (Å²) in [5, 5.41) is 15.2. The molecule has 1 amide bonds. The Bertz CT molecular complexity index is 1530. The van der Waals surface area contributed by atoms with Gasteiger partial charge in [-0.1, -0.05) is 42.1 Å². The number of nitrogens with one attached hydrogen (secondary N) is 1. The van der Waals surface area contributed by atoms with E-state index in [0.717, 1.165) is 22.5 Å². The standard InChI is InChI=1S/C22H18N6O2S2/c1-13-7-3-5-9-17(13)27-19(30)16-8-4-6-10-18(16)28-21(27)25-26-22(28)32-12-15-11-31-20(24-15)23-14(2)29/h3-11H,12H2,1-2H3,(H,23,24,29). The lowest BCUT2D eigenvalue weighted by Gasteiger charge is -2.13. The molecule has 3 aromatic heterocycles. The van der Waals surface area contributed by atoms with Crippen LogP contribution in [0.5, 0.6) is 0 Å². The van der Waals surface area contributed by atoms with E-state index in [-0.39, 0.29) is 11.5 Å². The van der Waals surface area contributed by atoms with Gasteiger partial charge in [0.15, 0.2) is 10.3 Å². The summed E-state index contributed by atoms with van der Waals surface area (Å²) >= 11 is 2.86. The molecule has 1 N–H and O–H groups in total. The third kappa shape index (κ3) is 3.57. The zero-order valence-corrected chi connectivity index (χ0v) is 18.9. The van der Waals surface area contributed by atoms with Crippen molar-refractivity contribution in [2.24, 2.45) is 0 Å². The molecule has 0 aliphatic rings. The second-order valence-electron chi connectivity index (χ2n) is 7.18. The second kappa shape index (κ2) is 8.21. The summed E-state index contributed by atoms with van der Waals surface area (Å²) in [5.41, 5.74) is 3.19. The van der Waals surface area contributed by atoms with Crippen LogP contribution in [0.3, 0.4) is 0 Å². The van der Waals surface area contributed by atoms with Gasteiger partial charge < -0.3 is 5.32 Å². The van der Waals surface area contributed by atoms with E-state index < -0.39 is 0 Å². The van der Waals surface area contributed by atoms with Gasteiger partial charge in [-0.3, -0.25) is 14.0 Å².